The minimum atomic E-state index is -0.381. The SMILES string of the molecule is COc1ccc(O)c(NC(=O)c2csc(CCN)n2)c1. The summed E-state index contributed by atoms with van der Waals surface area (Å²) in [5.74, 6) is 0.129. The Morgan fingerprint density at radius 3 is 3.05 bits per heavy atom. The maximum Gasteiger partial charge on any atom is 0.275 e. The number of phenolic OH excluding ortho intramolecular Hbond substituents is 1. The molecule has 7 heteroatoms. The van der Waals surface area contributed by atoms with Gasteiger partial charge in [-0.2, -0.15) is 0 Å². The van der Waals surface area contributed by atoms with Gasteiger partial charge in [0.1, 0.15) is 17.2 Å². The molecule has 0 saturated heterocycles. The first-order chi connectivity index (χ1) is 9.63. The van der Waals surface area contributed by atoms with Gasteiger partial charge in [0.15, 0.2) is 0 Å². The van der Waals surface area contributed by atoms with Crippen LogP contribution in [0.1, 0.15) is 15.5 Å². The number of anilines is 1. The molecule has 1 amide bonds. The van der Waals surface area contributed by atoms with Crippen molar-refractivity contribution in [3.63, 3.8) is 0 Å². The molecule has 1 aromatic carbocycles. The number of hydrogen-bond donors (Lipinski definition) is 3. The van der Waals surface area contributed by atoms with Gasteiger partial charge in [0.05, 0.1) is 17.8 Å². The molecule has 4 N–H and O–H groups in total. The molecule has 106 valence electrons. The van der Waals surface area contributed by atoms with E-state index in [4.69, 9.17) is 10.5 Å². The zero-order valence-corrected chi connectivity index (χ0v) is 11.7. The lowest BCUT2D eigenvalue weighted by molar-refractivity contribution is 0.102. The van der Waals surface area contributed by atoms with E-state index in [-0.39, 0.29) is 17.3 Å². The molecule has 20 heavy (non-hydrogen) atoms. The summed E-state index contributed by atoms with van der Waals surface area (Å²) < 4.78 is 5.04. The largest absolute Gasteiger partial charge is 0.506 e. The maximum atomic E-state index is 12.0. The normalized spacial score (nSPS) is 10.3. The fourth-order valence-corrected chi connectivity index (χ4v) is 2.38. The van der Waals surface area contributed by atoms with Gasteiger partial charge in [-0.1, -0.05) is 0 Å². The number of nitrogens with two attached hydrogens (primary N) is 1. The van der Waals surface area contributed by atoms with Crippen LogP contribution in [0, 0.1) is 0 Å². The molecule has 0 spiro atoms. The van der Waals surface area contributed by atoms with Crippen LogP contribution in [0.5, 0.6) is 11.5 Å². The predicted octanol–water partition coefficient (Wildman–Crippen LogP) is 1.61. The lowest BCUT2D eigenvalue weighted by Gasteiger charge is -2.07. The fourth-order valence-electron chi connectivity index (χ4n) is 1.58. The van der Waals surface area contributed by atoms with Crippen molar-refractivity contribution in [3.05, 3.63) is 34.3 Å². The van der Waals surface area contributed by atoms with Crippen molar-refractivity contribution >= 4 is 22.9 Å². The molecule has 2 rings (SSSR count). The van der Waals surface area contributed by atoms with E-state index >= 15 is 0 Å². The Morgan fingerprint density at radius 1 is 1.55 bits per heavy atom. The first-order valence-electron chi connectivity index (χ1n) is 5.97. The van der Waals surface area contributed by atoms with E-state index in [1.807, 2.05) is 0 Å². The highest BCUT2D eigenvalue weighted by Gasteiger charge is 2.13. The van der Waals surface area contributed by atoms with E-state index in [0.717, 1.165) is 5.01 Å². The van der Waals surface area contributed by atoms with E-state index < -0.39 is 0 Å². The van der Waals surface area contributed by atoms with Gasteiger partial charge in [0.2, 0.25) is 0 Å². The summed E-state index contributed by atoms with van der Waals surface area (Å²) in [6, 6.07) is 4.60. The van der Waals surface area contributed by atoms with Crippen molar-refractivity contribution in [2.24, 2.45) is 5.73 Å². The van der Waals surface area contributed by atoms with Crippen LogP contribution in [-0.2, 0) is 6.42 Å². The number of aromatic nitrogens is 1. The Bertz CT molecular complexity index is 613. The van der Waals surface area contributed by atoms with Crippen molar-refractivity contribution in [1.82, 2.24) is 4.98 Å². The zero-order chi connectivity index (χ0) is 14.5. The Morgan fingerprint density at radius 2 is 2.35 bits per heavy atom. The molecule has 1 heterocycles. The van der Waals surface area contributed by atoms with E-state index in [1.165, 1.54) is 24.5 Å². The molecule has 0 aliphatic carbocycles. The topological polar surface area (TPSA) is 97.5 Å². The van der Waals surface area contributed by atoms with Crippen LogP contribution >= 0.6 is 11.3 Å². The fraction of sp³-hybridized carbons (Fsp3) is 0.231. The molecular formula is C13H15N3O3S. The van der Waals surface area contributed by atoms with E-state index in [1.54, 1.807) is 17.5 Å². The van der Waals surface area contributed by atoms with Crippen LogP contribution < -0.4 is 15.8 Å². The van der Waals surface area contributed by atoms with Gasteiger partial charge < -0.3 is 20.9 Å². The summed E-state index contributed by atoms with van der Waals surface area (Å²) in [6.07, 6.45) is 0.641. The van der Waals surface area contributed by atoms with Gasteiger partial charge in [-0.3, -0.25) is 4.79 Å². The van der Waals surface area contributed by atoms with Crippen molar-refractivity contribution in [3.8, 4) is 11.5 Å². The molecule has 2 aromatic rings. The van der Waals surface area contributed by atoms with E-state index in [9.17, 15) is 9.90 Å². The minimum absolute atomic E-state index is 0.0310. The number of benzene rings is 1. The highest BCUT2D eigenvalue weighted by Crippen LogP contribution is 2.28. The number of phenols is 1. The average Bonchev–Trinajstić information content (AvgIpc) is 2.90. The van der Waals surface area contributed by atoms with Crippen LogP contribution in [0.3, 0.4) is 0 Å². The predicted molar refractivity (Wildman–Crippen MR) is 77.5 cm³/mol. The molecule has 0 radical (unpaired) electrons. The second-order valence-electron chi connectivity index (χ2n) is 4.00. The monoisotopic (exact) mass is 293 g/mol. The molecule has 0 saturated carbocycles. The first-order valence-corrected chi connectivity index (χ1v) is 6.85. The summed E-state index contributed by atoms with van der Waals surface area (Å²) in [7, 11) is 1.51. The summed E-state index contributed by atoms with van der Waals surface area (Å²) in [5.41, 5.74) is 6.03. The molecule has 0 fully saturated rings. The molecule has 1 aromatic heterocycles. The number of ether oxygens (including phenoxy) is 1. The third-order valence-electron chi connectivity index (χ3n) is 2.59. The molecular weight excluding hydrogens is 278 g/mol. The van der Waals surface area contributed by atoms with Crippen molar-refractivity contribution in [1.29, 1.82) is 0 Å². The Balaban J connectivity index is 2.14. The standard InChI is InChI=1S/C13H15N3O3S/c1-19-8-2-3-11(17)9(6-8)16-13(18)10-7-20-12(15-10)4-5-14/h2-3,6-7,17H,4-5,14H2,1H3,(H,16,18). The highest BCUT2D eigenvalue weighted by molar-refractivity contribution is 7.09. The third kappa shape index (κ3) is 3.25. The minimum Gasteiger partial charge on any atom is -0.506 e. The van der Waals surface area contributed by atoms with Gasteiger partial charge in [0.25, 0.3) is 5.91 Å². The van der Waals surface area contributed by atoms with Crippen molar-refractivity contribution in [2.45, 2.75) is 6.42 Å². The van der Waals surface area contributed by atoms with E-state index in [2.05, 4.69) is 10.3 Å². The quantitative estimate of drug-likeness (QED) is 0.728. The highest BCUT2D eigenvalue weighted by atomic mass is 32.1. The molecule has 0 bridgehead atoms. The number of carbonyl (C=O) groups is 1. The molecule has 0 aliphatic rings. The smallest absolute Gasteiger partial charge is 0.275 e. The number of aromatic hydroxyl groups is 1. The van der Waals surface area contributed by atoms with Crippen LogP contribution in [0.25, 0.3) is 0 Å². The molecule has 0 aliphatic heterocycles. The number of thiazole rings is 1. The van der Waals surface area contributed by atoms with Gasteiger partial charge >= 0.3 is 0 Å². The molecule has 6 nitrogen and oxygen atoms in total. The van der Waals surface area contributed by atoms with Crippen LogP contribution in [0.2, 0.25) is 0 Å². The second-order valence-corrected chi connectivity index (χ2v) is 4.95. The number of nitrogens with zero attached hydrogens (tertiary/aromatic N) is 1. The van der Waals surface area contributed by atoms with E-state index in [0.29, 0.717) is 24.4 Å². The summed E-state index contributed by atoms with van der Waals surface area (Å²) in [6.45, 7) is 0.491. The Kier molecular flexibility index (Phi) is 4.54. The third-order valence-corrected chi connectivity index (χ3v) is 3.50. The number of hydrogen-bond acceptors (Lipinski definition) is 6. The number of nitrogens with one attached hydrogen (secondary N) is 1. The lowest BCUT2D eigenvalue weighted by Crippen LogP contribution is -2.13. The second kappa shape index (κ2) is 6.36. The Labute approximate surface area is 120 Å². The lowest BCUT2D eigenvalue weighted by atomic mass is 10.2. The van der Waals surface area contributed by atoms with Gasteiger partial charge in [0, 0.05) is 17.9 Å². The van der Waals surface area contributed by atoms with Crippen LogP contribution in [-0.4, -0.2) is 29.7 Å². The number of methoxy groups -OCH3 is 1. The van der Waals surface area contributed by atoms with Crippen LogP contribution in [0.15, 0.2) is 23.6 Å². The van der Waals surface area contributed by atoms with Crippen molar-refractivity contribution < 1.29 is 14.6 Å². The maximum absolute atomic E-state index is 12.0. The average molecular weight is 293 g/mol. The first kappa shape index (κ1) is 14.3. The molecule has 0 atom stereocenters. The van der Waals surface area contributed by atoms with Crippen molar-refractivity contribution in [2.75, 3.05) is 19.0 Å². The summed E-state index contributed by atoms with van der Waals surface area (Å²) >= 11 is 1.39. The zero-order valence-electron chi connectivity index (χ0n) is 10.9. The van der Waals surface area contributed by atoms with Crippen LogP contribution in [0.4, 0.5) is 5.69 Å². The van der Waals surface area contributed by atoms with Gasteiger partial charge in [-0.05, 0) is 18.7 Å². The number of carbonyl (C=O) groups excluding carboxylic acids is 1. The van der Waals surface area contributed by atoms with Gasteiger partial charge in [-0.15, -0.1) is 11.3 Å². The Hall–Kier alpha value is -2.12. The van der Waals surface area contributed by atoms with Gasteiger partial charge in [-0.25, -0.2) is 4.98 Å². The number of amides is 1. The number of rotatable bonds is 5. The molecule has 0 unspecified atom stereocenters. The summed E-state index contributed by atoms with van der Waals surface area (Å²) in [4.78, 5) is 16.2. The summed E-state index contributed by atoms with van der Waals surface area (Å²) in [5, 5.41) is 14.8.